The number of aliphatic hydroxyl groups excluding tert-OH is 1. The van der Waals surface area contributed by atoms with Gasteiger partial charge in [-0.25, -0.2) is 0 Å². The first-order chi connectivity index (χ1) is 10.3. The highest BCUT2D eigenvalue weighted by Crippen LogP contribution is 2.26. The first-order valence-electron chi connectivity index (χ1n) is 7.52. The molecule has 0 aromatic heterocycles. The molecule has 0 amide bonds. The third-order valence-corrected chi connectivity index (χ3v) is 3.82. The Kier molecular flexibility index (Phi) is 4.41. The third-order valence-electron chi connectivity index (χ3n) is 3.82. The number of aliphatic hydroxyl groups is 1. The van der Waals surface area contributed by atoms with Crippen LogP contribution in [0.25, 0.3) is 0 Å². The minimum Gasteiger partial charge on any atom is -0.491 e. The van der Waals surface area contributed by atoms with Crippen molar-refractivity contribution in [2.75, 3.05) is 24.6 Å². The van der Waals surface area contributed by atoms with Gasteiger partial charge in [-0.15, -0.1) is 0 Å². The zero-order valence-electron chi connectivity index (χ0n) is 12.1. The van der Waals surface area contributed by atoms with E-state index in [9.17, 15) is 5.11 Å². The summed E-state index contributed by atoms with van der Waals surface area (Å²) >= 11 is 0. The molecule has 1 N–H and O–H groups in total. The van der Waals surface area contributed by atoms with Gasteiger partial charge < -0.3 is 14.7 Å². The van der Waals surface area contributed by atoms with Crippen LogP contribution in [0.4, 0.5) is 5.69 Å². The van der Waals surface area contributed by atoms with Gasteiger partial charge >= 0.3 is 0 Å². The molecule has 2 aromatic carbocycles. The lowest BCUT2D eigenvalue weighted by atomic mass is 10.0. The van der Waals surface area contributed by atoms with Gasteiger partial charge in [0.05, 0.1) is 0 Å². The second kappa shape index (κ2) is 6.64. The van der Waals surface area contributed by atoms with Crippen LogP contribution < -0.4 is 9.64 Å². The predicted octanol–water partition coefficient (Wildman–Crippen LogP) is 2.88. The SMILES string of the molecule is OC(COc1ccccc1)CN1CCCc2ccccc21. The van der Waals surface area contributed by atoms with Gasteiger partial charge in [-0.05, 0) is 36.6 Å². The average Bonchev–Trinajstić information content (AvgIpc) is 2.54. The molecule has 0 aliphatic carbocycles. The summed E-state index contributed by atoms with van der Waals surface area (Å²) in [6.45, 7) is 1.94. The van der Waals surface area contributed by atoms with E-state index >= 15 is 0 Å². The van der Waals surface area contributed by atoms with E-state index in [1.165, 1.54) is 11.3 Å². The molecule has 3 rings (SSSR count). The van der Waals surface area contributed by atoms with E-state index in [1.807, 2.05) is 30.3 Å². The average molecular weight is 283 g/mol. The summed E-state index contributed by atoms with van der Waals surface area (Å²) in [6.07, 6.45) is 1.78. The molecular weight excluding hydrogens is 262 g/mol. The molecule has 1 aliphatic rings. The van der Waals surface area contributed by atoms with E-state index in [-0.39, 0.29) is 0 Å². The Bertz CT molecular complexity index is 570. The van der Waals surface area contributed by atoms with Crippen LogP contribution in [0.1, 0.15) is 12.0 Å². The summed E-state index contributed by atoms with van der Waals surface area (Å²) in [5.74, 6) is 0.801. The first-order valence-corrected chi connectivity index (χ1v) is 7.52. The molecule has 2 aromatic rings. The second-order valence-electron chi connectivity index (χ2n) is 5.46. The van der Waals surface area contributed by atoms with E-state index in [4.69, 9.17) is 4.74 Å². The van der Waals surface area contributed by atoms with Crippen molar-refractivity contribution >= 4 is 5.69 Å². The minimum absolute atomic E-state index is 0.322. The number of rotatable bonds is 5. The Morgan fingerprint density at radius 2 is 1.81 bits per heavy atom. The molecule has 1 atom stereocenters. The molecule has 0 spiro atoms. The quantitative estimate of drug-likeness (QED) is 0.916. The highest BCUT2D eigenvalue weighted by molar-refractivity contribution is 5.55. The molecule has 1 aliphatic heterocycles. The lowest BCUT2D eigenvalue weighted by Gasteiger charge is -2.32. The van der Waals surface area contributed by atoms with Crippen molar-refractivity contribution in [2.24, 2.45) is 0 Å². The summed E-state index contributed by atoms with van der Waals surface area (Å²) in [7, 11) is 0. The van der Waals surface area contributed by atoms with E-state index in [2.05, 4.69) is 29.2 Å². The molecule has 21 heavy (non-hydrogen) atoms. The zero-order chi connectivity index (χ0) is 14.5. The van der Waals surface area contributed by atoms with Gasteiger partial charge in [0.15, 0.2) is 0 Å². The maximum atomic E-state index is 10.2. The molecule has 3 heteroatoms. The van der Waals surface area contributed by atoms with Crippen LogP contribution in [-0.4, -0.2) is 30.9 Å². The van der Waals surface area contributed by atoms with E-state index in [0.29, 0.717) is 13.2 Å². The fourth-order valence-corrected chi connectivity index (χ4v) is 2.82. The van der Waals surface area contributed by atoms with Crippen LogP contribution in [0.2, 0.25) is 0 Å². The Hall–Kier alpha value is -2.00. The van der Waals surface area contributed by atoms with E-state index < -0.39 is 6.10 Å². The van der Waals surface area contributed by atoms with Crippen LogP contribution in [0, 0.1) is 0 Å². The van der Waals surface area contributed by atoms with Gasteiger partial charge in [-0.2, -0.15) is 0 Å². The molecule has 0 saturated carbocycles. The Morgan fingerprint density at radius 1 is 1.05 bits per heavy atom. The molecule has 1 heterocycles. The Balaban J connectivity index is 1.57. The van der Waals surface area contributed by atoms with Gasteiger partial charge in [0.2, 0.25) is 0 Å². The van der Waals surface area contributed by atoms with Gasteiger partial charge in [0.1, 0.15) is 18.5 Å². The van der Waals surface area contributed by atoms with Crippen molar-refractivity contribution in [1.82, 2.24) is 0 Å². The highest BCUT2D eigenvalue weighted by atomic mass is 16.5. The number of anilines is 1. The summed E-state index contributed by atoms with van der Waals surface area (Å²) in [6, 6.07) is 18.1. The number of benzene rings is 2. The fraction of sp³-hybridized carbons (Fsp3) is 0.333. The number of para-hydroxylation sites is 2. The van der Waals surface area contributed by atoms with Crippen LogP contribution in [-0.2, 0) is 6.42 Å². The number of hydrogen-bond acceptors (Lipinski definition) is 3. The van der Waals surface area contributed by atoms with Crippen molar-refractivity contribution in [3.63, 3.8) is 0 Å². The van der Waals surface area contributed by atoms with Crippen molar-refractivity contribution in [2.45, 2.75) is 18.9 Å². The minimum atomic E-state index is -0.489. The van der Waals surface area contributed by atoms with Crippen LogP contribution in [0.15, 0.2) is 54.6 Å². The van der Waals surface area contributed by atoms with E-state index in [0.717, 1.165) is 25.1 Å². The number of β-amino-alcohol motifs (C(OH)–C–C–N with tert-alkyl or cyclic N) is 1. The maximum absolute atomic E-state index is 10.2. The van der Waals surface area contributed by atoms with Gasteiger partial charge in [0.25, 0.3) is 0 Å². The second-order valence-corrected chi connectivity index (χ2v) is 5.46. The number of ether oxygens (including phenoxy) is 1. The summed E-state index contributed by atoms with van der Waals surface area (Å²) in [4.78, 5) is 2.26. The number of aryl methyl sites for hydroxylation is 1. The molecule has 0 fully saturated rings. The summed E-state index contributed by atoms with van der Waals surface area (Å²) in [5, 5.41) is 10.2. The molecule has 0 radical (unpaired) electrons. The lowest BCUT2D eigenvalue weighted by Crippen LogP contribution is -2.38. The van der Waals surface area contributed by atoms with Crippen LogP contribution in [0.5, 0.6) is 5.75 Å². The fourth-order valence-electron chi connectivity index (χ4n) is 2.82. The van der Waals surface area contributed by atoms with Crippen molar-refractivity contribution in [3.05, 3.63) is 60.2 Å². The van der Waals surface area contributed by atoms with Crippen molar-refractivity contribution in [3.8, 4) is 5.75 Å². The van der Waals surface area contributed by atoms with Crippen molar-refractivity contribution in [1.29, 1.82) is 0 Å². The zero-order valence-corrected chi connectivity index (χ0v) is 12.1. The first kappa shape index (κ1) is 14.0. The Labute approximate surface area is 125 Å². The molecule has 3 nitrogen and oxygen atoms in total. The molecule has 1 unspecified atom stereocenters. The van der Waals surface area contributed by atoms with Gasteiger partial charge in [-0.3, -0.25) is 0 Å². The standard InChI is InChI=1S/C18H21NO2/c20-16(14-21-17-9-2-1-3-10-17)13-19-12-6-8-15-7-4-5-11-18(15)19/h1-5,7,9-11,16,20H,6,8,12-14H2. The van der Waals surface area contributed by atoms with Gasteiger partial charge in [-0.1, -0.05) is 36.4 Å². The van der Waals surface area contributed by atoms with Crippen LogP contribution >= 0.6 is 0 Å². The number of fused-ring (bicyclic) bond motifs is 1. The molecular formula is C18H21NO2. The maximum Gasteiger partial charge on any atom is 0.119 e. The predicted molar refractivity (Wildman–Crippen MR) is 84.9 cm³/mol. The van der Waals surface area contributed by atoms with Crippen LogP contribution in [0.3, 0.4) is 0 Å². The Morgan fingerprint density at radius 3 is 2.67 bits per heavy atom. The highest BCUT2D eigenvalue weighted by Gasteiger charge is 2.19. The lowest BCUT2D eigenvalue weighted by molar-refractivity contribution is 0.112. The topological polar surface area (TPSA) is 32.7 Å². The number of hydrogen-bond donors (Lipinski definition) is 1. The summed E-state index contributed by atoms with van der Waals surface area (Å²) in [5.41, 5.74) is 2.63. The number of nitrogens with zero attached hydrogens (tertiary/aromatic N) is 1. The third kappa shape index (κ3) is 3.56. The normalized spacial score (nSPS) is 15.4. The molecule has 0 saturated heterocycles. The largest absolute Gasteiger partial charge is 0.491 e. The van der Waals surface area contributed by atoms with E-state index in [1.54, 1.807) is 0 Å². The van der Waals surface area contributed by atoms with Gasteiger partial charge in [0, 0.05) is 18.8 Å². The molecule has 0 bridgehead atoms. The van der Waals surface area contributed by atoms with Crippen molar-refractivity contribution < 1.29 is 9.84 Å². The summed E-state index contributed by atoms with van der Waals surface area (Å²) < 4.78 is 5.62. The molecule has 110 valence electrons. The smallest absolute Gasteiger partial charge is 0.119 e. The monoisotopic (exact) mass is 283 g/mol.